The maximum absolute atomic E-state index is 11.9. The van der Waals surface area contributed by atoms with E-state index < -0.39 is 0 Å². The van der Waals surface area contributed by atoms with Crippen LogP contribution in [0, 0.1) is 16.7 Å². The van der Waals surface area contributed by atoms with Crippen LogP contribution in [-0.2, 0) is 4.79 Å². The van der Waals surface area contributed by atoms with Crippen molar-refractivity contribution >= 4 is 23.2 Å². The zero-order chi connectivity index (χ0) is 14.6. The molecule has 0 aromatic heterocycles. The van der Waals surface area contributed by atoms with Crippen LogP contribution in [0.4, 0.5) is 5.69 Å². The monoisotopic (exact) mass is 291 g/mol. The minimum atomic E-state index is -0.233. The fourth-order valence-corrected chi connectivity index (χ4v) is 2.38. The molecule has 1 heterocycles. The molecule has 5 heteroatoms. The van der Waals surface area contributed by atoms with Gasteiger partial charge in [0.25, 0.3) is 0 Å². The van der Waals surface area contributed by atoms with Crippen LogP contribution >= 0.6 is 11.6 Å². The highest BCUT2D eigenvalue weighted by Crippen LogP contribution is 2.29. The number of nitrogens with one attached hydrogen (secondary N) is 1. The SMILES string of the molecule is CC1(C#N)CCN(CC(=O)Nc2ccc(Cl)cc2)CC1. The lowest BCUT2D eigenvalue weighted by Crippen LogP contribution is -2.42. The summed E-state index contributed by atoms with van der Waals surface area (Å²) in [6, 6.07) is 9.41. The Kier molecular flexibility index (Phi) is 4.64. The highest BCUT2D eigenvalue weighted by Gasteiger charge is 2.30. The summed E-state index contributed by atoms with van der Waals surface area (Å²) in [7, 11) is 0. The maximum atomic E-state index is 11.9. The zero-order valence-corrected chi connectivity index (χ0v) is 12.3. The van der Waals surface area contributed by atoms with Crippen LogP contribution in [0.3, 0.4) is 0 Å². The van der Waals surface area contributed by atoms with E-state index in [2.05, 4.69) is 16.3 Å². The summed E-state index contributed by atoms with van der Waals surface area (Å²) < 4.78 is 0. The summed E-state index contributed by atoms with van der Waals surface area (Å²) >= 11 is 5.80. The summed E-state index contributed by atoms with van der Waals surface area (Å²) in [5.41, 5.74) is 0.515. The van der Waals surface area contributed by atoms with Crippen molar-refractivity contribution < 1.29 is 4.79 Å². The predicted octanol–water partition coefficient (Wildman–Crippen LogP) is 2.90. The highest BCUT2D eigenvalue weighted by molar-refractivity contribution is 6.30. The van der Waals surface area contributed by atoms with Gasteiger partial charge in [-0.25, -0.2) is 0 Å². The second-order valence-electron chi connectivity index (χ2n) is 5.50. The standard InChI is InChI=1S/C15H18ClN3O/c1-15(11-17)6-8-19(9-7-15)10-14(20)18-13-4-2-12(16)3-5-13/h2-5H,6-10H2,1H3,(H,18,20). The Morgan fingerprint density at radius 1 is 1.40 bits per heavy atom. The Hall–Kier alpha value is -1.57. The summed E-state index contributed by atoms with van der Waals surface area (Å²) in [5, 5.41) is 12.6. The third-order valence-electron chi connectivity index (χ3n) is 3.72. The number of nitrogens with zero attached hydrogens (tertiary/aromatic N) is 2. The molecular weight excluding hydrogens is 274 g/mol. The van der Waals surface area contributed by atoms with Gasteiger partial charge in [-0.3, -0.25) is 9.69 Å². The summed E-state index contributed by atoms with van der Waals surface area (Å²) in [4.78, 5) is 14.0. The number of benzene rings is 1. The number of nitriles is 1. The molecule has 0 aliphatic carbocycles. The summed E-state index contributed by atoms with van der Waals surface area (Å²) in [6.07, 6.45) is 1.63. The zero-order valence-electron chi connectivity index (χ0n) is 11.5. The molecule has 0 spiro atoms. The minimum Gasteiger partial charge on any atom is -0.325 e. The Morgan fingerprint density at radius 3 is 2.55 bits per heavy atom. The quantitative estimate of drug-likeness (QED) is 0.931. The maximum Gasteiger partial charge on any atom is 0.238 e. The van der Waals surface area contributed by atoms with Gasteiger partial charge in [-0.2, -0.15) is 5.26 Å². The lowest BCUT2D eigenvalue weighted by molar-refractivity contribution is -0.117. The summed E-state index contributed by atoms with van der Waals surface area (Å²) in [5.74, 6) is -0.0344. The fourth-order valence-electron chi connectivity index (χ4n) is 2.25. The number of hydrogen-bond donors (Lipinski definition) is 1. The fraction of sp³-hybridized carbons (Fsp3) is 0.467. The van der Waals surface area contributed by atoms with Gasteiger partial charge in [0.05, 0.1) is 18.0 Å². The molecule has 1 saturated heterocycles. The second kappa shape index (κ2) is 6.25. The first-order valence-corrected chi connectivity index (χ1v) is 7.08. The van der Waals surface area contributed by atoms with Crippen molar-refractivity contribution in [2.24, 2.45) is 5.41 Å². The lowest BCUT2D eigenvalue weighted by atomic mass is 9.82. The van der Waals surface area contributed by atoms with Gasteiger partial charge in [0, 0.05) is 23.8 Å². The molecule has 1 fully saturated rings. The van der Waals surface area contributed by atoms with Crippen molar-refractivity contribution in [1.82, 2.24) is 4.90 Å². The molecule has 0 bridgehead atoms. The number of amides is 1. The lowest BCUT2D eigenvalue weighted by Gasteiger charge is -2.34. The van der Waals surface area contributed by atoms with Gasteiger partial charge in [0.15, 0.2) is 0 Å². The molecule has 1 amide bonds. The van der Waals surface area contributed by atoms with Crippen LogP contribution in [0.15, 0.2) is 24.3 Å². The number of carbonyl (C=O) groups excluding carboxylic acids is 1. The molecule has 0 atom stereocenters. The molecular formula is C15H18ClN3O. The van der Waals surface area contributed by atoms with Crippen molar-refractivity contribution in [2.75, 3.05) is 25.0 Å². The largest absolute Gasteiger partial charge is 0.325 e. The van der Waals surface area contributed by atoms with Crippen LogP contribution in [-0.4, -0.2) is 30.4 Å². The Morgan fingerprint density at radius 2 is 2.00 bits per heavy atom. The Balaban J connectivity index is 1.81. The van der Waals surface area contributed by atoms with E-state index in [9.17, 15) is 4.79 Å². The molecule has 106 valence electrons. The van der Waals surface area contributed by atoms with E-state index in [-0.39, 0.29) is 11.3 Å². The van der Waals surface area contributed by atoms with Crippen molar-refractivity contribution in [3.8, 4) is 6.07 Å². The van der Waals surface area contributed by atoms with Crippen molar-refractivity contribution in [1.29, 1.82) is 5.26 Å². The molecule has 2 rings (SSSR count). The van der Waals surface area contributed by atoms with Crippen molar-refractivity contribution in [2.45, 2.75) is 19.8 Å². The molecule has 0 unspecified atom stereocenters. The second-order valence-corrected chi connectivity index (χ2v) is 5.94. The van der Waals surface area contributed by atoms with Gasteiger partial charge < -0.3 is 5.32 Å². The van der Waals surface area contributed by atoms with Crippen LogP contribution in [0.25, 0.3) is 0 Å². The van der Waals surface area contributed by atoms with E-state index in [4.69, 9.17) is 16.9 Å². The van der Waals surface area contributed by atoms with E-state index in [1.165, 1.54) is 0 Å². The molecule has 0 saturated carbocycles. The normalized spacial score (nSPS) is 18.2. The van der Waals surface area contributed by atoms with E-state index in [0.29, 0.717) is 11.6 Å². The number of hydrogen-bond acceptors (Lipinski definition) is 3. The first-order chi connectivity index (χ1) is 9.50. The third-order valence-corrected chi connectivity index (χ3v) is 3.98. The topological polar surface area (TPSA) is 56.1 Å². The van der Waals surface area contributed by atoms with Crippen molar-refractivity contribution in [3.05, 3.63) is 29.3 Å². The number of piperidine rings is 1. The number of halogens is 1. The molecule has 1 aromatic rings. The molecule has 20 heavy (non-hydrogen) atoms. The van der Waals surface area contributed by atoms with Gasteiger partial charge in [-0.15, -0.1) is 0 Å². The van der Waals surface area contributed by atoms with Crippen LogP contribution in [0.2, 0.25) is 5.02 Å². The molecule has 0 radical (unpaired) electrons. The molecule has 1 N–H and O–H groups in total. The minimum absolute atomic E-state index is 0.0344. The molecule has 4 nitrogen and oxygen atoms in total. The van der Waals surface area contributed by atoms with E-state index >= 15 is 0 Å². The first kappa shape index (κ1) is 14.8. The number of carbonyl (C=O) groups is 1. The molecule has 1 aliphatic rings. The van der Waals surface area contributed by atoms with Gasteiger partial charge in [0.2, 0.25) is 5.91 Å². The highest BCUT2D eigenvalue weighted by atomic mass is 35.5. The van der Waals surface area contributed by atoms with Crippen molar-refractivity contribution in [3.63, 3.8) is 0 Å². The summed E-state index contributed by atoms with van der Waals surface area (Å²) in [6.45, 7) is 3.93. The van der Waals surface area contributed by atoms with Crippen LogP contribution < -0.4 is 5.32 Å². The Bertz CT molecular complexity index is 513. The van der Waals surface area contributed by atoms with Crippen LogP contribution in [0.5, 0.6) is 0 Å². The number of anilines is 1. The van der Waals surface area contributed by atoms with Gasteiger partial charge in [-0.05, 0) is 44.0 Å². The van der Waals surface area contributed by atoms with E-state index in [1.807, 2.05) is 6.92 Å². The third kappa shape index (κ3) is 3.96. The van der Waals surface area contributed by atoms with Crippen LogP contribution in [0.1, 0.15) is 19.8 Å². The average Bonchev–Trinajstić information content (AvgIpc) is 2.44. The first-order valence-electron chi connectivity index (χ1n) is 6.70. The molecule has 1 aromatic carbocycles. The smallest absolute Gasteiger partial charge is 0.238 e. The van der Waals surface area contributed by atoms with Gasteiger partial charge in [-0.1, -0.05) is 11.6 Å². The average molecular weight is 292 g/mol. The number of likely N-dealkylation sites (tertiary alicyclic amines) is 1. The predicted molar refractivity (Wildman–Crippen MR) is 79.5 cm³/mol. The van der Waals surface area contributed by atoms with E-state index in [0.717, 1.165) is 31.6 Å². The van der Waals surface area contributed by atoms with Gasteiger partial charge in [0.1, 0.15) is 0 Å². The van der Waals surface area contributed by atoms with Gasteiger partial charge >= 0.3 is 0 Å². The van der Waals surface area contributed by atoms with E-state index in [1.54, 1.807) is 24.3 Å². The Labute approximate surface area is 124 Å². The number of rotatable bonds is 3. The molecule has 1 aliphatic heterocycles.